The lowest BCUT2D eigenvalue weighted by molar-refractivity contribution is -0.142. The van der Waals surface area contributed by atoms with Crippen molar-refractivity contribution in [3.63, 3.8) is 0 Å². The standard InChI is InChI=1S/C13H15F2NO4/c1-7(12(17)18)6-16(8(2)13(19)20)11-4-3-9(14)5-10(11)15/h3-5,7-8H,6H2,1-2H3,(H,17,18)(H,19,20). The number of aliphatic carboxylic acids is 2. The number of nitrogens with zero attached hydrogens (tertiary/aromatic N) is 1. The maximum atomic E-state index is 13.8. The zero-order valence-electron chi connectivity index (χ0n) is 11.0. The monoisotopic (exact) mass is 287 g/mol. The lowest BCUT2D eigenvalue weighted by Crippen LogP contribution is -2.43. The van der Waals surface area contributed by atoms with Crippen molar-refractivity contribution in [2.24, 2.45) is 5.92 Å². The third-order valence-corrected chi connectivity index (χ3v) is 2.94. The zero-order chi connectivity index (χ0) is 15.4. The van der Waals surface area contributed by atoms with Gasteiger partial charge in [-0.05, 0) is 19.1 Å². The fraction of sp³-hybridized carbons (Fsp3) is 0.385. The second-order valence-electron chi connectivity index (χ2n) is 4.50. The van der Waals surface area contributed by atoms with Gasteiger partial charge in [-0.3, -0.25) is 4.79 Å². The zero-order valence-corrected chi connectivity index (χ0v) is 11.0. The minimum absolute atomic E-state index is 0.144. The van der Waals surface area contributed by atoms with Gasteiger partial charge in [0.15, 0.2) is 0 Å². The predicted octanol–water partition coefficient (Wildman–Crippen LogP) is 1.96. The number of carbonyl (C=O) groups is 2. The van der Waals surface area contributed by atoms with Gasteiger partial charge in [0.1, 0.15) is 17.7 Å². The Balaban J connectivity index is 3.15. The summed E-state index contributed by atoms with van der Waals surface area (Å²) in [6.45, 7) is 2.48. The number of anilines is 1. The van der Waals surface area contributed by atoms with E-state index in [2.05, 4.69) is 0 Å². The van der Waals surface area contributed by atoms with E-state index in [9.17, 15) is 18.4 Å². The number of carboxylic acid groups (broad SMARTS) is 2. The molecule has 0 spiro atoms. The van der Waals surface area contributed by atoms with E-state index in [0.29, 0.717) is 6.07 Å². The SMILES string of the molecule is CC(CN(c1ccc(F)cc1F)C(C)C(=O)O)C(=O)O. The molecule has 0 aliphatic carbocycles. The average Bonchev–Trinajstić information content (AvgIpc) is 2.35. The molecule has 2 atom stereocenters. The highest BCUT2D eigenvalue weighted by molar-refractivity contribution is 5.78. The molecule has 0 bridgehead atoms. The molecule has 0 amide bonds. The van der Waals surface area contributed by atoms with Gasteiger partial charge in [0.2, 0.25) is 0 Å². The van der Waals surface area contributed by atoms with Gasteiger partial charge in [0.05, 0.1) is 11.6 Å². The average molecular weight is 287 g/mol. The Morgan fingerprint density at radius 3 is 2.25 bits per heavy atom. The Morgan fingerprint density at radius 2 is 1.80 bits per heavy atom. The van der Waals surface area contributed by atoms with Gasteiger partial charge in [-0.15, -0.1) is 0 Å². The van der Waals surface area contributed by atoms with Crippen LogP contribution >= 0.6 is 0 Å². The van der Waals surface area contributed by atoms with E-state index >= 15 is 0 Å². The molecule has 0 heterocycles. The van der Waals surface area contributed by atoms with Crippen LogP contribution in [0.15, 0.2) is 18.2 Å². The van der Waals surface area contributed by atoms with E-state index < -0.39 is 35.5 Å². The van der Waals surface area contributed by atoms with Crippen molar-refractivity contribution in [2.45, 2.75) is 19.9 Å². The van der Waals surface area contributed by atoms with Crippen molar-refractivity contribution in [1.29, 1.82) is 0 Å². The normalized spacial score (nSPS) is 13.6. The molecule has 0 radical (unpaired) electrons. The largest absolute Gasteiger partial charge is 0.481 e. The lowest BCUT2D eigenvalue weighted by Gasteiger charge is -2.30. The van der Waals surface area contributed by atoms with Crippen molar-refractivity contribution >= 4 is 17.6 Å². The summed E-state index contributed by atoms with van der Waals surface area (Å²) in [5.74, 6) is -4.99. The van der Waals surface area contributed by atoms with Gasteiger partial charge in [-0.1, -0.05) is 6.92 Å². The molecule has 0 aliphatic heterocycles. The highest BCUT2D eigenvalue weighted by atomic mass is 19.1. The Hall–Kier alpha value is -2.18. The third-order valence-electron chi connectivity index (χ3n) is 2.94. The number of hydrogen-bond donors (Lipinski definition) is 2. The van der Waals surface area contributed by atoms with Crippen molar-refractivity contribution in [3.05, 3.63) is 29.8 Å². The molecular formula is C13H15F2NO4. The van der Waals surface area contributed by atoms with E-state index in [-0.39, 0.29) is 12.2 Å². The first kappa shape index (κ1) is 15.9. The molecule has 0 fully saturated rings. The number of benzene rings is 1. The molecule has 2 N–H and O–H groups in total. The number of carboxylic acids is 2. The molecule has 1 aromatic rings. The van der Waals surface area contributed by atoms with Gasteiger partial charge < -0.3 is 15.1 Å². The van der Waals surface area contributed by atoms with Crippen LogP contribution in [0.4, 0.5) is 14.5 Å². The summed E-state index contributed by atoms with van der Waals surface area (Å²) in [7, 11) is 0. The molecule has 20 heavy (non-hydrogen) atoms. The fourth-order valence-corrected chi connectivity index (χ4v) is 1.69. The van der Waals surface area contributed by atoms with Gasteiger partial charge >= 0.3 is 11.9 Å². The van der Waals surface area contributed by atoms with Gasteiger partial charge in [0, 0.05) is 12.6 Å². The molecule has 0 aromatic heterocycles. The second kappa shape index (κ2) is 6.31. The fourth-order valence-electron chi connectivity index (χ4n) is 1.69. The summed E-state index contributed by atoms with van der Waals surface area (Å²) < 4.78 is 26.6. The summed E-state index contributed by atoms with van der Waals surface area (Å²) in [4.78, 5) is 23.0. The van der Waals surface area contributed by atoms with Crippen molar-refractivity contribution in [3.8, 4) is 0 Å². The number of rotatable bonds is 6. The second-order valence-corrected chi connectivity index (χ2v) is 4.50. The minimum atomic E-state index is -1.23. The Morgan fingerprint density at radius 1 is 1.20 bits per heavy atom. The first-order chi connectivity index (χ1) is 9.23. The number of halogens is 2. The van der Waals surface area contributed by atoms with Crippen molar-refractivity contribution in [2.75, 3.05) is 11.4 Å². The maximum absolute atomic E-state index is 13.8. The first-order valence-electron chi connectivity index (χ1n) is 5.91. The van der Waals surface area contributed by atoms with Gasteiger partial charge in [-0.2, -0.15) is 0 Å². The molecule has 2 unspecified atom stereocenters. The lowest BCUT2D eigenvalue weighted by atomic mass is 10.1. The van der Waals surface area contributed by atoms with E-state index in [1.54, 1.807) is 0 Å². The van der Waals surface area contributed by atoms with Crippen LogP contribution in [0, 0.1) is 17.6 Å². The van der Waals surface area contributed by atoms with Crippen LogP contribution in [-0.2, 0) is 9.59 Å². The molecule has 1 aromatic carbocycles. The first-order valence-corrected chi connectivity index (χ1v) is 5.91. The van der Waals surface area contributed by atoms with Gasteiger partial charge in [-0.25, -0.2) is 13.6 Å². The van der Waals surface area contributed by atoms with E-state index in [0.717, 1.165) is 17.0 Å². The Labute approximate surface area is 114 Å². The molecule has 0 saturated carbocycles. The molecule has 5 nitrogen and oxygen atoms in total. The summed E-state index contributed by atoms with van der Waals surface area (Å²) in [5, 5.41) is 17.9. The maximum Gasteiger partial charge on any atom is 0.326 e. The third kappa shape index (κ3) is 3.66. The van der Waals surface area contributed by atoms with Crippen LogP contribution in [0.1, 0.15) is 13.8 Å². The van der Waals surface area contributed by atoms with Crippen LogP contribution in [0.25, 0.3) is 0 Å². The predicted molar refractivity (Wildman–Crippen MR) is 67.6 cm³/mol. The molecular weight excluding hydrogens is 272 g/mol. The molecule has 110 valence electrons. The van der Waals surface area contributed by atoms with Crippen LogP contribution in [-0.4, -0.2) is 34.7 Å². The quantitative estimate of drug-likeness (QED) is 0.836. The highest BCUT2D eigenvalue weighted by Crippen LogP contribution is 2.23. The van der Waals surface area contributed by atoms with Gasteiger partial charge in [0.25, 0.3) is 0 Å². The minimum Gasteiger partial charge on any atom is -0.481 e. The topological polar surface area (TPSA) is 77.8 Å². The van der Waals surface area contributed by atoms with E-state index in [1.165, 1.54) is 13.8 Å². The summed E-state index contributed by atoms with van der Waals surface area (Å²) in [6.07, 6.45) is 0. The van der Waals surface area contributed by atoms with Crippen LogP contribution in [0.2, 0.25) is 0 Å². The van der Waals surface area contributed by atoms with E-state index in [1.807, 2.05) is 0 Å². The van der Waals surface area contributed by atoms with Crippen molar-refractivity contribution < 1.29 is 28.6 Å². The summed E-state index contributed by atoms with van der Waals surface area (Å²) >= 11 is 0. The summed E-state index contributed by atoms with van der Waals surface area (Å²) in [5.41, 5.74) is -0.144. The van der Waals surface area contributed by atoms with E-state index in [4.69, 9.17) is 10.2 Å². The van der Waals surface area contributed by atoms with Crippen molar-refractivity contribution in [1.82, 2.24) is 0 Å². The van der Waals surface area contributed by atoms with Crippen LogP contribution < -0.4 is 4.90 Å². The Kier molecular flexibility index (Phi) is 5.01. The molecule has 0 aliphatic rings. The summed E-state index contributed by atoms with van der Waals surface area (Å²) in [6, 6.07) is 1.57. The van der Waals surface area contributed by atoms with Crippen LogP contribution in [0.5, 0.6) is 0 Å². The Bertz CT molecular complexity index is 521. The molecule has 1 rings (SSSR count). The molecule has 7 heteroatoms. The number of hydrogen-bond acceptors (Lipinski definition) is 3. The molecule has 0 saturated heterocycles. The van der Waals surface area contributed by atoms with Crippen LogP contribution in [0.3, 0.4) is 0 Å². The smallest absolute Gasteiger partial charge is 0.326 e. The highest BCUT2D eigenvalue weighted by Gasteiger charge is 2.27.